The summed E-state index contributed by atoms with van der Waals surface area (Å²) in [5.74, 6) is -0.759. The predicted octanol–water partition coefficient (Wildman–Crippen LogP) is 6.78. The van der Waals surface area contributed by atoms with Crippen LogP contribution in [0.3, 0.4) is 0 Å². The molecule has 10 heteroatoms. The number of aryl methyl sites for hydroxylation is 2. The van der Waals surface area contributed by atoms with E-state index in [1.807, 2.05) is 38.1 Å². The number of nitrogens with zero attached hydrogens (tertiary/aromatic N) is 2. The van der Waals surface area contributed by atoms with Gasteiger partial charge in [0.2, 0.25) is 11.8 Å². The minimum atomic E-state index is -4.16. The number of halogens is 2. The van der Waals surface area contributed by atoms with Crippen molar-refractivity contribution < 1.29 is 18.0 Å². The van der Waals surface area contributed by atoms with E-state index >= 15 is 0 Å². The van der Waals surface area contributed by atoms with Crippen molar-refractivity contribution in [1.82, 2.24) is 10.2 Å². The van der Waals surface area contributed by atoms with Gasteiger partial charge in [-0.25, -0.2) is 8.42 Å². The molecule has 0 heterocycles. The average molecular weight is 675 g/mol. The number of carbonyl (C=O) groups is 2. The molecule has 7 nitrogen and oxygen atoms in total. The number of sulfonamides is 1. The van der Waals surface area contributed by atoms with E-state index in [4.69, 9.17) is 11.6 Å². The van der Waals surface area contributed by atoms with Crippen LogP contribution in [0.5, 0.6) is 0 Å². The summed E-state index contributed by atoms with van der Waals surface area (Å²) in [6.45, 7) is 5.00. The van der Waals surface area contributed by atoms with Gasteiger partial charge < -0.3 is 10.2 Å². The summed E-state index contributed by atoms with van der Waals surface area (Å²) in [5, 5.41) is 3.50. The minimum Gasteiger partial charge on any atom is -0.352 e. The van der Waals surface area contributed by atoms with Gasteiger partial charge in [-0.1, -0.05) is 82.7 Å². The van der Waals surface area contributed by atoms with E-state index in [1.165, 1.54) is 17.0 Å². The largest absolute Gasteiger partial charge is 0.352 e. The number of hydrogen-bond acceptors (Lipinski definition) is 4. The number of rotatable bonds is 10. The lowest BCUT2D eigenvalue weighted by Gasteiger charge is -2.33. The Morgan fingerprint density at radius 1 is 1.00 bits per heavy atom. The molecule has 0 unspecified atom stereocenters. The van der Waals surface area contributed by atoms with Gasteiger partial charge in [0.1, 0.15) is 12.6 Å². The molecule has 0 aliphatic heterocycles. The highest BCUT2D eigenvalue weighted by Gasteiger charge is 2.33. The predicted molar refractivity (Wildman–Crippen MR) is 171 cm³/mol. The highest BCUT2D eigenvalue weighted by atomic mass is 79.9. The molecule has 0 radical (unpaired) electrons. The molecule has 0 spiro atoms. The summed E-state index contributed by atoms with van der Waals surface area (Å²) >= 11 is 9.88. The normalized spacial score (nSPS) is 14.7. The highest BCUT2D eigenvalue weighted by molar-refractivity contribution is 9.10. The Balaban J connectivity index is 1.69. The van der Waals surface area contributed by atoms with Crippen LogP contribution in [-0.4, -0.2) is 43.8 Å². The quantitative estimate of drug-likeness (QED) is 0.257. The fraction of sp³-hybridized carbons (Fsp3) is 0.375. The van der Waals surface area contributed by atoms with Crippen LogP contribution < -0.4 is 9.62 Å². The summed E-state index contributed by atoms with van der Waals surface area (Å²) in [4.78, 5) is 29.1. The van der Waals surface area contributed by atoms with E-state index in [-0.39, 0.29) is 29.1 Å². The molecule has 1 atom stereocenters. The second-order valence-corrected chi connectivity index (χ2v) is 14.1. The molecule has 0 saturated heterocycles. The maximum Gasteiger partial charge on any atom is 0.264 e. The zero-order chi connectivity index (χ0) is 30.4. The van der Waals surface area contributed by atoms with E-state index in [1.54, 1.807) is 37.3 Å². The molecule has 1 aliphatic rings. The zero-order valence-electron chi connectivity index (χ0n) is 24.1. The van der Waals surface area contributed by atoms with Crippen LogP contribution in [0.4, 0.5) is 5.69 Å². The van der Waals surface area contributed by atoms with Gasteiger partial charge in [-0.05, 0) is 81.1 Å². The van der Waals surface area contributed by atoms with Gasteiger partial charge in [0, 0.05) is 22.1 Å². The SMILES string of the molecule is Cc1ccc(S(=O)(=O)N(CC(=O)N(Cc2cccc(Br)c2)[C@H](C)C(=O)NC2CCCCC2)c2ccc(C)c(Cl)c2)cc1. The first-order chi connectivity index (χ1) is 20.0. The van der Waals surface area contributed by atoms with Crippen LogP contribution in [-0.2, 0) is 26.2 Å². The smallest absolute Gasteiger partial charge is 0.264 e. The summed E-state index contributed by atoms with van der Waals surface area (Å²) in [7, 11) is -4.16. The van der Waals surface area contributed by atoms with Crippen molar-refractivity contribution in [3.63, 3.8) is 0 Å². The first-order valence-corrected chi connectivity index (χ1v) is 16.8. The standard InChI is InChI=1S/C32H37BrClN3O4S/c1-22-12-16-29(17-13-22)42(40,41)37(28-15-14-23(2)30(34)19-28)21-31(38)36(20-25-8-7-9-26(33)18-25)24(3)32(39)35-27-10-5-4-6-11-27/h7-9,12-19,24,27H,4-6,10-11,20-21H2,1-3H3,(H,35,39)/t24-/m1/s1. The van der Waals surface area contributed by atoms with E-state index in [0.717, 1.165) is 57.6 Å². The van der Waals surface area contributed by atoms with Crippen molar-refractivity contribution in [2.24, 2.45) is 0 Å². The molecule has 4 rings (SSSR count). The highest BCUT2D eigenvalue weighted by Crippen LogP contribution is 2.29. The Morgan fingerprint density at radius 2 is 1.69 bits per heavy atom. The molecule has 1 saturated carbocycles. The van der Waals surface area contributed by atoms with E-state index < -0.39 is 28.5 Å². The topological polar surface area (TPSA) is 86.8 Å². The molecule has 42 heavy (non-hydrogen) atoms. The van der Waals surface area contributed by atoms with Crippen LogP contribution in [0.25, 0.3) is 0 Å². The monoisotopic (exact) mass is 673 g/mol. The third-order valence-corrected chi connectivity index (χ3v) is 10.4. The Bertz CT molecular complexity index is 1520. The van der Waals surface area contributed by atoms with Crippen molar-refractivity contribution >= 4 is 55.1 Å². The second kappa shape index (κ2) is 14.1. The molecule has 2 amide bonds. The molecule has 0 aromatic heterocycles. The van der Waals surface area contributed by atoms with Crippen molar-refractivity contribution in [2.75, 3.05) is 10.8 Å². The van der Waals surface area contributed by atoms with Crippen molar-refractivity contribution in [3.8, 4) is 0 Å². The zero-order valence-corrected chi connectivity index (χ0v) is 27.3. The van der Waals surface area contributed by atoms with Crippen molar-refractivity contribution in [2.45, 2.75) is 76.4 Å². The first kappa shape index (κ1) is 32.0. The van der Waals surface area contributed by atoms with Crippen molar-refractivity contribution in [3.05, 3.63) is 92.9 Å². The number of anilines is 1. The lowest BCUT2D eigenvalue weighted by molar-refractivity contribution is -0.139. The van der Waals surface area contributed by atoms with Crippen LogP contribution in [0, 0.1) is 13.8 Å². The Labute approximate surface area is 262 Å². The lowest BCUT2D eigenvalue weighted by Crippen LogP contribution is -2.53. The van der Waals surface area contributed by atoms with E-state index in [9.17, 15) is 18.0 Å². The van der Waals surface area contributed by atoms with Gasteiger partial charge in [-0.3, -0.25) is 13.9 Å². The number of nitrogens with one attached hydrogen (secondary N) is 1. The van der Waals surface area contributed by atoms with E-state index in [2.05, 4.69) is 21.2 Å². The van der Waals surface area contributed by atoms with Gasteiger partial charge in [0.05, 0.1) is 10.6 Å². The van der Waals surface area contributed by atoms with Crippen molar-refractivity contribution in [1.29, 1.82) is 0 Å². The van der Waals surface area contributed by atoms with Gasteiger partial charge in [0.25, 0.3) is 10.0 Å². The van der Waals surface area contributed by atoms with Crippen LogP contribution in [0.15, 0.2) is 76.1 Å². The summed E-state index contributed by atoms with van der Waals surface area (Å²) in [5.41, 5.74) is 2.76. The third kappa shape index (κ3) is 7.94. The fourth-order valence-electron chi connectivity index (χ4n) is 5.09. The van der Waals surface area contributed by atoms with Crippen LogP contribution >= 0.6 is 27.5 Å². The number of hydrogen-bond donors (Lipinski definition) is 1. The van der Waals surface area contributed by atoms with Gasteiger partial charge in [-0.15, -0.1) is 0 Å². The second-order valence-electron chi connectivity index (χ2n) is 10.9. The Hall–Kier alpha value is -2.88. The fourth-order valence-corrected chi connectivity index (χ4v) is 7.11. The third-order valence-electron chi connectivity index (χ3n) is 7.69. The number of amides is 2. The minimum absolute atomic E-state index is 0.0548. The molecule has 1 fully saturated rings. The molecular formula is C32H37BrClN3O4S. The molecule has 3 aromatic carbocycles. The van der Waals surface area contributed by atoms with Gasteiger partial charge >= 0.3 is 0 Å². The molecule has 3 aromatic rings. The molecule has 224 valence electrons. The van der Waals surface area contributed by atoms with Gasteiger partial charge in [-0.2, -0.15) is 0 Å². The van der Waals surface area contributed by atoms with E-state index in [0.29, 0.717) is 5.02 Å². The number of carbonyl (C=O) groups excluding carboxylic acids is 2. The average Bonchev–Trinajstić information content (AvgIpc) is 2.96. The van der Waals surface area contributed by atoms with Crippen LogP contribution in [0.1, 0.15) is 55.7 Å². The lowest BCUT2D eigenvalue weighted by atomic mass is 9.95. The maximum atomic E-state index is 14.1. The molecule has 1 N–H and O–H groups in total. The Kier molecular flexibility index (Phi) is 10.7. The molecular weight excluding hydrogens is 638 g/mol. The summed E-state index contributed by atoms with van der Waals surface area (Å²) in [6.07, 6.45) is 5.10. The maximum absolute atomic E-state index is 14.1. The van der Waals surface area contributed by atoms with Crippen LogP contribution in [0.2, 0.25) is 5.02 Å². The summed E-state index contributed by atoms with van der Waals surface area (Å²) in [6, 6.07) is 18.1. The molecule has 0 bridgehead atoms. The van der Waals surface area contributed by atoms with Gasteiger partial charge in [0.15, 0.2) is 0 Å². The summed E-state index contributed by atoms with van der Waals surface area (Å²) < 4.78 is 29.9. The number of benzene rings is 3. The molecule has 1 aliphatic carbocycles. The first-order valence-electron chi connectivity index (χ1n) is 14.2. The Morgan fingerprint density at radius 3 is 2.33 bits per heavy atom.